The van der Waals surface area contributed by atoms with Crippen molar-refractivity contribution < 1.29 is 19.0 Å². The minimum absolute atomic E-state index is 0.318. The maximum atomic E-state index is 11.9. The molecule has 0 saturated carbocycles. The lowest BCUT2D eigenvalue weighted by atomic mass is 10.00. The van der Waals surface area contributed by atoms with E-state index in [4.69, 9.17) is 14.2 Å². The highest BCUT2D eigenvalue weighted by Gasteiger charge is 2.23. The second-order valence-electron chi connectivity index (χ2n) is 7.73. The van der Waals surface area contributed by atoms with Gasteiger partial charge in [-0.2, -0.15) is 5.10 Å². The van der Waals surface area contributed by atoms with E-state index in [0.29, 0.717) is 23.6 Å². The van der Waals surface area contributed by atoms with Crippen molar-refractivity contribution in [3.8, 4) is 11.5 Å². The summed E-state index contributed by atoms with van der Waals surface area (Å²) >= 11 is 0. The number of hydrogen-bond acceptors (Lipinski definition) is 6. The van der Waals surface area contributed by atoms with Gasteiger partial charge in [0.15, 0.2) is 11.5 Å². The van der Waals surface area contributed by atoms with Crippen LogP contribution in [0.3, 0.4) is 0 Å². The molecule has 0 radical (unpaired) electrons. The van der Waals surface area contributed by atoms with Crippen LogP contribution in [0.25, 0.3) is 0 Å². The van der Waals surface area contributed by atoms with Crippen LogP contribution in [0.4, 0.5) is 4.79 Å². The lowest BCUT2D eigenvalue weighted by Crippen LogP contribution is -2.39. The number of piperidine rings is 1. The van der Waals surface area contributed by atoms with Crippen LogP contribution in [0.15, 0.2) is 23.3 Å². The Bertz CT molecular complexity index is 642. The normalized spacial score (nSPS) is 20.9. The van der Waals surface area contributed by atoms with Gasteiger partial charge in [0.05, 0.1) is 13.3 Å². The van der Waals surface area contributed by atoms with Crippen molar-refractivity contribution in [2.24, 2.45) is 5.10 Å². The zero-order valence-corrected chi connectivity index (χ0v) is 16.6. The molecule has 0 aliphatic carbocycles. The van der Waals surface area contributed by atoms with Gasteiger partial charge in [0.25, 0.3) is 0 Å². The predicted octanol–water partition coefficient (Wildman–Crippen LogP) is 4.61. The topological polar surface area (TPSA) is 60.4 Å². The summed E-state index contributed by atoms with van der Waals surface area (Å²) in [7, 11) is 1.53. The van der Waals surface area contributed by atoms with Crippen LogP contribution in [0.5, 0.6) is 11.5 Å². The molecule has 1 aliphatic heterocycles. The summed E-state index contributed by atoms with van der Waals surface area (Å²) in [6.45, 7) is 9.76. The third kappa shape index (κ3) is 5.64. The highest BCUT2D eigenvalue weighted by Crippen LogP contribution is 2.29. The quantitative estimate of drug-likeness (QED) is 0.445. The Labute approximate surface area is 156 Å². The Morgan fingerprint density at radius 1 is 1.19 bits per heavy atom. The summed E-state index contributed by atoms with van der Waals surface area (Å²) < 4.78 is 15.8. The highest BCUT2D eigenvalue weighted by atomic mass is 16.7. The van der Waals surface area contributed by atoms with Gasteiger partial charge in [-0.25, -0.2) is 4.79 Å². The molecule has 1 aromatic rings. The lowest BCUT2D eigenvalue weighted by molar-refractivity contribution is 0.0201. The molecule has 2 atom stereocenters. The van der Waals surface area contributed by atoms with Gasteiger partial charge in [-0.1, -0.05) is 0 Å². The fourth-order valence-electron chi connectivity index (χ4n) is 2.98. The number of methoxy groups -OCH3 is 1. The summed E-state index contributed by atoms with van der Waals surface area (Å²) in [5.74, 6) is 0.776. The van der Waals surface area contributed by atoms with E-state index >= 15 is 0 Å². The van der Waals surface area contributed by atoms with Gasteiger partial charge >= 0.3 is 6.16 Å². The van der Waals surface area contributed by atoms with Crippen molar-refractivity contribution in [2.75, 3.05) is 7.11 Å². The molecule has 1 heterocycles. The molecule has 144 valence electrons. The Morgan fingerprint density at radius 3 is 2.42 bits per heavy atom. The van der Waals surface area contributed by atoms with Gasteiger partial charge in [0, 0.05) is 12.1 Å². The minimum atomic E-state index is -0.756. The summed E-state index contributed by atoms with van der Waals surface area (Å²) in [5, 5.41) is 6.80. The number of benzene rings is 1. The number of ether oxygens (including phenoxy) is 3. The average molecular weight is 362 g/mol. The fraction of sp³-hybridized carbons (Fsp3) is 0.600. The second kappa shape index (κ2) is 8.43. The highest BCUT2D eigenvalue weighted by molar-refractivity contribution is 5.81. The van der Waals surface area contributed by atoms with Crippen LogP contribution in [-0.2, 0) is 4.74 Å². The van der Waals surface area contributed by atoms with Crippen LogP contribution in [0, 0.1) is 0 Å². The maximum Gasteiger partial charge on any atom is 0.514 e. The van der Waals surface area contributed by atoms with E-state index in [0.717, 1.165) is 18.4 Å². The van der Waals surface area contributed by atoms with E-state index in [1.54, 1.807) is 32.9 Å². The largest absolute Gasteiger partial charge is 0.514 e. The van der Waals surface area contributed by atoms with Gasteiger partial charge in [-0.15, -0.1) is 0 Å². The summed E-state index contributed by atoms with van der Waals surface area (Å²) in [5.41, 5.74) is 0.266. The first-order chi connectivity index (χ1) is 12.2. The smallest absolute Gasteiger partial charge is 0.493 e. The molecule has 0 bridgehead atoms. The fourth-order valence-corrected chi connectivity index (χ4v) is 2.98. The van der Waals surface area contributed by atoms with Crippen molar-refractivity contribution in [2.45, 2.75) is 71.6 Å². The van der Waals surface area contributed by atoms with Crippen LogP contribution in [-0.4, -0.2) is 42.2 Å². The Morgan fingerprint density at radius 2 is 1.85 bits per heavy atom. The first-order valence-electron chi connectivity index (χ1n) is 9.11. The predicted molar refractivity (Wildman–Crippen MR) is 102 cm³/mol. The van der Waals surface area contributed by atoms with Crippen LogP contribution in [0.1, 0.15) is 59.4 Å². The molecular formula is C20H30N2O4. The van der Waals surface area contributed by atoms with Gasteiger partial charge in [-0.3, -0.25) is 5.01 Å². The summed E-state index contributed by atoms with van der Waals surface area (Å²) in [4.78, 5) is 11.9. The molecule has 2 rings (SSSR count). The summed E-state index contributed by atoms with van der Waals surface area (Å²) in [6.07, 6.45) is 4.63. The van der Waals surface area contributed by atoms with Gasteiger partial charge in [0.1, 0.15) is 5.60 Å². The van der Waals surface area contributed by atoms with E-state index in [1.807, 2.05) is 12.3 Å². The minimum Gasteiger partial charge on any atom is -0.493 e. The van der Waals surface area contributed by atoms with E-state index in [1.165, 1.54) is 13.5 Å². The average Bonchev–Trinajstić information content (AvgIpc) is 2.53. The molecule has 1 fully saturated rings. The number of rotatable bonds is 4. The Balaban J connectivity index is 2.10. The van der Waals surface area contributed by atoms with Crippen LogP contribution >= 0.6 is 0 Å². The zero-order chi connectivity index (χ0) is 19.3. The molecule has 0 aromatic heterocycles. The van der Waals surface area contributed by atoms with E-state index < -0.39 is 11.8 Å². The second-order valence-corrected chi connectivity index (χ2v) is 7.73. The molecule has 1 aliphatic rings. The zero-order valence-electron chi connectivity index (χ0n) is 16.6. The molecule has 0 N–H and O–H groups in total. The monoisotopic (exact) mass is 362 g/mol. The first kappa shape index (κ1) is 20.1. The Kier molecular flexibility index (Phi) is 6.51. The van der Waals surface area contributed by atoms with Gasteiger partial charge in [0.2, 0.25) is 0 Å². The molecule has 1 aromatic carbocycles. The molecule has 1 saturated heterocycles. The molecule has 0 amide bonds. The molecular weight excluding hydrogens is 332 g/mol. The molecule has 26 heavy (non-hydrogen) atoms. The Hall–Kier alpha value is -2.24. The van der Waals surface area contributed by atoms with Crippen molar-refractivity contribution in [3.63, 3.8) is 0 Å². The van der Waals surface area contributed by atoms with Gasteiger partial charge in [-0.05, 0) is 77.6 Å². The van der Waals surface area contributed by atoms with Crippen LogP contribution in [0.2, 0.25) is 0 Å². The SMILES string of the molecule is COc1cc(C=NN2C(C)CCCC2C)ccc1OC(=O)OC(C)(C)C. The number of carbonyl (C=O) groups is 1. The maximum absolute atomic E-state index is 11.9. The number of nitrogens with zero attached hydrogens (tertiary/aromatic N) is 2. The molecule has 2 unspecified atom stereocenters. The van der Waals surface area contributed by atoms with Crippen molar-refractivity contribution >= 4 is 12.4 Å². The van der Waals surface area contributed by atoms with E-state index in [-0.39, 0.29) is 0 Å². The van der Waals surface area contributed by atoms with E-state index in [2.05, 4.69) is 24.0 Å². The number of carbonyl (C=O) groups excluding carboxylic acids is 1. The van der Waals surface area contributed by atoms with Crippen molar-refractivity contribution in [1.29, 1.82) is 0 Å². The number of hydrogen-bond donors (Lipinski definition) is 0. The first-order valence-corrected chi connectivity index (χ1v) is 9.11. The van der Waals surface area contributed by atoms with Crippen LogP contribution < -0.4 is 9.47 Å². The molecule has 0 spiro atoms. The lowest BCUT2D eigenvalue weighted by Gasteiger charge is -2.36. The molecule has 6 nitrogen and oxygen atoms in total. The third-order valence-electron chi connectivity index (χ3n) is 4.26. The van der Waals surface area contributed by atoms with Gasteiger partial charge < -0.3 is 14.2 Å². The third-order valence-corrected chi connectivity index (χ3v) is 4.26. The van der Waals surface area contributed by atoms with Crippen molar-refractivity contribution in [1.82, 2.24) is 5.01 Å². The molecule has 6 heteroatoms. The van der Waals surface area contributed by atoms with Crippen molar-refractivity contribution in [3.05, 3.63) is 23.8 Å². The number of hydrazone groups is 1. The standard InChI is InChI=1S/C20H30N2O4/c1-14-8-7-9-15(2)22(14)21-13-16-10-11-17(18(12-16)24-6)25-19(23)26-20(3,4)5/h10-15H,7-9H2,1-6H3. The summed E-state index contributed by atoms with van der Waals surface area (Å²) in [6, 6.07) is 6.19. The van der Waals surface area contributed by atoms with E-state index in [9.17, 15) is 4.79 Å².